The molecule has 0 aromatic carbocycles. The van der Waals surface area contributed by atoms with E-state index in [1.165, 1.54) is 0 Å². The van der Waals surface area contributed by atoms with Crippen molar-refractivity contribution in [2.75, 3.05) is 13.6 Å². The van der Waals surface area contributed by atoms with Crippen molar-refractivity contribution < 1.29 is 9.59 Å². The number of hydrogen-bond acceptors (Lipinski definition) is 3. The maximum Gasteiger partial charge on any atom is 0.248 e. The quantitative estimate of drug-likeness (QED) is 0.821. The Hall–Kier alpha value is -1.10. The Morgan fingerprint density at radius 3 is 2.55 bits per heavy atom. The molecule has 2 aliphatic rings. The Kier molecular flexibility index (Phi) is 4.09. The average molecular weight is 281 g/mol. The topological polar surface area (TPSA) is 52.7 Å². The number of likely N-dealkylation sites (tertiary alicyclic amines) is 1. The lowest BCUT2D eigenvalue weighted by atomic mass is 9.89. The van der Waals surface area contributed by atoms with Crippen LogP contribution in [-0.4, -0.2) is 58.9 Å². The molecule has 2 fully saturated rings. The van der Waals surface area contributed by atoms with Crippen LogP contribution in [0.25, 0.3) is 0 Å². The van der Waals surface area contributed by atoms with Gasteiger partial charge in [0.1, 0.15) is 11.6 Å². The fourth-order valence-corrected chi connectivity index (χ4v) is 3.36. The zero-order valence-corrected chi connectivity index (χ0v) is 13.3. The predicted molar refractivity (Wildman–Crippen MR) is 78.3 cm³/mol. The number of nitrogens with zero attached hydrogens (tertiary/aromatic N) is 2. The summed E-state index contributed by atoms with van der Waals surface area (Å²) in [7, 11) is 2.12. The summed E-state index contributed by atoms with van der Waals surface area (Å²) in [5.74, 6) is 0.0504. The summed E-state index contributed by atoms with van der Waals surface area (Å²) >= 11 is 0. The Bertz CT molecular complexity index is 408. The van der Waals surface area contributed by atoms with E-state index in [0.717, 1.165) is 19.4 Å². The molecule has 1 N–H and O–H groups in total. The number of carbonyl (C=O) groups excluding carboxylic acids is 2. The smallest absolute Gasteiger partial charge is 0.248 e. The molecule has 114 valence electrons. The van der Waals surface area contributed by atoms with E-state index in [9.17, 15) is 9.59 Å². The molecule has 2 heterocycles. The Morgan fingerprint density at radius 1 is 1.35 bits per heavy atom. The van der Waals surface area contributed by atoms with Crippen molar-refractivity contribution in [2.24, 2.45) is 0 Å². The number of carbonyl (C=O) groups is 2. The Morgan fingerprint density at radius 2 is 2.00 bits per heavy atom. The van der Waals surface area contributed by atoms with E-state index in [4.69, 9.17) is 0 Å². The van der Waals surface area contributed by atoms with Crippen molar-refractivity contribution >= 4 is 11.8 Å². The number of hydrogen-bond donors (Lipinski definition) is 1. The minimum absolute atomic E-state index is 0.0105. The lowest BCUT2D eigenvalue weighted by Gasteiger charge is -2.49. The Balaban J connectivity index is 2.25. The molecule has 0 saturated carbocycles. The molecule has 0 aromatic rings. The zero-order valence-electron chi connectivity index (χ0n) is 13.3. The zero-order chi connectivity index (χ0) is 15.1. The summed E-state index contributed by atoms with van der Waals surface area (Å²) in [5.41, 5.74) is -0.782. The Labute approximate surface area is 121 Å². The molecular weight excluding hydrogens is 254 g/mol. The monoisotopic (exact) mass is 281 g/mol. The highest BCUT2D eigenvalue weighted by atomic mass is 16.2. The van der Waals surface area contributed by atoms with Crippen molar-refractivity contribution in [1.82, 2.24) is 15.1 Å². The third kappa shape index (κ3) is 2.55. The van der Waals surface area contributed by atoms with Gasteiger partial charge in [0.05, 0.1) is 0 Å². The summed E-state index contributed by atoms with van der Waals surface area (Å²) in [4.78, 5) is 29.2. The summed E-state index contributed by atoms with van der Waals surface area (Å²) in [5, 5.41) is 2.85. The van der Waals surface area contributed by atoms with Crippen LogP contribution in [0.3, 0.4) is 0 Å². The van der Waals surface area contributed by atoms with Gasteiger partial charge in [-0.3, -0.25) is 9.59 Å². The molecule has 2 saturated heterocycles. The van der Waals surface area contributed by atoms with Crippen molar-refractivity contribution in [3.63, 3.8) is 0 Å². The van der Waals surface area contributed by atoms with Gasteiger partial charge in [0.2, 0.25) is 11.8 Å². The first-order valence-electron chi connectivity index (χ1n) is 7.63. The second-order valence-electron chi connectivity index (χ2n) is 6.76. The molecule has 0 aliphatic carbocycles. The van der Waals surface area contributed by atoms with Crippen LogP contribution in [0.2, 0.25) is 0 Å². The molecule has 3 unspecified atom stereocenters. The van der Waals surface area contributed by atoms with Crippen molar-refractivity contribution in [3.05, 3.63) is 0 Å². The maximum atomic E-state index is 12.7. The second kappa shape index (κ2) is 5.35. The minimum Gasteiger partial charge on any atom is -0.340 e. The highest BCUT2D eigenvalue weighted by molar-refractivity contribution is 5.99. The number of piperidine rings is 1. The first-order chi connectivity index (χ1) is 9.27. The molecule has 2 rings (SSSR count). The molecule has 0 bridgehead atoms. The largest absolute Gasteiger partial charge is 0.340 e. The van der Waals surface area contributed by atoms with Gasteiger partial charge in [-0.2, -0.15) is 0 Å². The van der Waals surface area contributed by atoms with E-state index < -0.39 is 5.54 Å². The van der Waals surface area contributed by atoms with Crippen molar-refractivity contribution in [3.8, 4) is 0 Å². The molecule has 5 nitrogen and oxygen atoms in total. The van der Waals surface area contributed by atoms with E-state index in [0.29, 0.717) is 12.5 Å². The van der Waals surface area contributed by atoms with Crippen LogP contribution in [0.1, 0.15) is 47.0 Å². The molecule has 2 amide bonds. The van der Waals surface area contributed by atoms with Crippen LogP contribution in [-0.2, 0) is 9.59 Å². The van der Waals surface area contributed by atoms with E-state index >= 15 is 0 Å². The fraction of sp³-hybridized carbons (Fsp3) is 0.867. The first kappa shape index (κ1) is 15.3. The van der Waals surface area contributed by atoms with Gasteiger partial charge in [-0.1, -0.05) is 6.92 Å². The van der Waals surface area contributed by atoms with Gasteiger partial charge >= 0.3 is 0 Å². The van der Waals surface area contributed by atoms with Crippen LogP contribution < -0.4 is 5.32 Å². The van der Waals surface area contributed by atoms with Gasteiger partial charge < -0.3 is 15.1 Å². The van der Waals surface area contributed by atoms with E-state index in [1.54, 1.807) is 13.8 Å². The first-order valence-corrected chi connectivity index (χ1v) is 7.63. The average Bonchev–Trinajstić information content (AvgIpc) is 2.36. The number of nitrogens with one attached hydrogen (secondary N) is 1. The molecule has 2 aliphatic heterocycles. The normalized spacial score (nSPS) is 35.0. The highest BCUT2D eigenvalue weighted by Gasteiger charge is 2.47. The van der Waals surface area contributed by atoms with Crippen LogP contribution >= 0.6 is 0 Å². The van der Waals surface area contributed by atoms with E-state index in [1.807, 2.05) is 11.8 Å². The molecule has 0 spiro atoms. The third-order valence-corrected chi connectivity index (χ3v) is 4.80. The maximum absolute atomic E-state index is 12.7. The summed E-state index contributed by atoms with van der Waals surface area (Å²) in [6.07, 6.45) is 2.57. The minimum atomic E-state index is -0.782. The SMILES string of the molecule is CCC1C(=O)NC(C)(C)C(=O)N1C1CCN(C)C(C)C1. The molecule has 5 heteroatoms. The molecule has 0 radical (unpaired) electrons. The summed E-state index contributed by atoms with van der Waals surface area (Å²) < 4.78 is 0. The second-order valence-corrected chi connectivity index (χ2v) is 6.76. The lowest BCUT2D eigenvalue weighted by molar-refractivity contribution is -0.158. The number of rotatable bonds is 2. The van der Waals surface area contributed by atoms with Gasteiger partial charge in [0.25, 0.3) is 0 Å². The van der Waals surface area contributed by atoms with Crippen LogP contribution in [0.4, 0.5) is 0 Å². The van der Waals surface area contributed by atoms with E-state index in [2.05, 4.69) is 24.2 Å². The van der Waals surface area contributed by atoms with Crippen molar-refractivity contribution in [2.45, 2.75) is 70.6 Å². The lowest BCUT2D eigenvalue weighted by Crippen LogP contribution is -2.70. The van der Waals surface area contributed by atoms with Crippen molar-refractivity contribution in [1.29, 1.82) is 0 Å². The fourth-order valence-electron chi connectivity index (χ4n) is 3.36. The number of amides is 2. The van der Waals surface area contributed by atoms with Gasteiger partial charge in [-0.15, -0.1) is 0 Å². The van der Waals surface area contributed by atoms with Gasteiger partial charge in [-0.25, -0.2) is 0 Å². The molecular formula is C15H27N3O2. The van der Waals surface area contributed by atoms with Gasteiger partial charge in [0.15, 0.2) is 0 Å². The predicted octanol–water partition coefficient (Wildman–Crippen LogP) is 0.985. The van der Waals surface area contributed by atoms with E-state index in [-0.39, 0.29) is 23.9 Å². The highest BCUT2D eigenvalue weighted by Crippen LogP contribution is 2.28. The molecule has 0 aromatic heterocycles. The van der Waals surface area contributed by atoms with Gasteiger partial charge in [-0.05, 0) is 47.1 Å². The van der Waals surface area contributed by atoms with Crippen LogP contribution in [0.15, 0.2) is 0 Å². The summed E-state index contributed by atoms with van der Waals surface area (Å²) in [6, 6.07) is 0.326. The van der Waals surface area contributed by atoms with Crippen LogP contribution in [0.5, 0.6) is 0 Å². The van der Waals surface area contributed by atoms with Gasteiger partial charge in [0, 0.05) is 18.6 Å². The molecule has 20 heavy (non-hydrogen) atoms. The standard InChI is InChI=1S/C15H27N3O2/c1-6-12-13(19)16-15(3,4)14(20)18(12)11-7-8-17(5)10(2)9-11/h10-12H,6-9H2,1-5H3,(H,16,19). The molecule has 3 atom stereocenters. The van der Waals surface area contributed by atoms with Crippen LogP contribution in [0, 0.1) is 0 Å². The number of piperazine rings is 1. The summed E-state index contributed by atoms with van der Waals surface area (Å²) in [6.45, 7) is 8.73. The third-order valence-electron chi connectivity index (χ3n) is 4.80.